The minimum atomic E-state index is 0. The predicted octanol–water partition coefficient (Wildman–Crippen LogP) is -0.961. The fourth-order valence-corrected chi connectivity index (χ4v) is 3.11. The summed E-state index contributed by atoms with van der Waals surface area (Å²) in [6, 6.07) is 0.902. The van der Waals surface area contributed by atoms with Gasteiger partial charge in [-0.25, -0.2) is 0 Å². The summed E-state index contributed by atoms with van der Waals surface area (Å²) in [6.07, 6.45) is 12.6. The minimum Gasteiger partial charge on any atom is -1.00 e. The maximum atomic E-state index is 12.2. The van der Waals surface area contributed by atoms with E-state index in [9.17, 15) is 5.21 Å². The van der Waals surface area contributed by atoms with Gasteiger partial charge in [-0.05, 0) is 51.4 Å². The van der Waals surface area contributed by atoms with Gasteiger partial charge in [0.2, 0.25) is 0 Å². The van der Waals surface area contributed by atoms with Crippen molar-refractivity contribution in [3.63, 3.8) is 0 Å². The molecule has 0 aromatic rings. The van der Waals surface area contributed by atoms with Crippen LogP contribution in [0, 0.1) is 5.21 Å². The lowest BCUT2D eigenvalue weighted by Gasteiger charge is -2.41. The van der Waals surface area contributed by atoms with Gasteiger partial charge in [-0.15, -0.1) is 0 Å². The van der Waals surface area contributed by atoms with Crippen LogP contribution in [-0.4, -0.2) is 12.1 Å². The molecule has 2 rings (SSSR count). The van der Waals surface area contributed by atoms with Crippen LogP contribution in [-0.2, 0) is 0 Å². The standard InChI is InChI=1S/C12H23NO.ClH/c14-13(11-7-3-1-4-8-11)12-9-5-2-6-10-12;/h11-13H,1-10H2;1H/p-1. The summed E-state index contributed by atoms with van der Waals surface area (Å²) in [5.74, 6) is 0. The van der Waals surface area contributed by atoms with Crippen LogP contribution in [0.4, 0.5) is 0 Å². The third-order valence-corrected chi connectivity index (χ3v) is 4.02. The van der Waals surface area contributed by atoms with Gasteiger partial charge < -0.3 is 22.7 Å². The average Bonchev–Trinajstić information content (AvgIpc) is 2.30. The number of hydrogen-bond donors (Lipinski definition) is 1. The molecule has 3 heteroatoms. The summed E-state index contributed by atoms with van der Waals surface area (Å²) in [5.41, 5.74) is 0. The van der Waals surface area contributed by atoms with Crippen molar-refractivity contribution in [2.24, 2.45) is 0 Å². The van der Waals surface area contributed by atoms with Crippen LogP contribution in [0.15, 0.2) is 0 Å². The quantitative estimate of drug-likeness (QED) is 0.611. The molecule has 2 aliphatic rings. The van der Waals surface area contributed by atoms with Crippen molar-refractivity contribution in [2.75, 3.05) is 0 Å². The molecule has 0 bridgehead atoms. The normalized spacial score (nSPS) is 25.2. The van der Waals surface area contributed by atoms with Crippen molar-refractivity contribution >= 4 is 0 Å². The molecule has 0 unspecified atom stereocenters. The topological polar surface area (TPSA) is 27.5 Å². The maximum absolute atomic E-state index is 12.2. The molecule has 0 atom stereocenters. The first kappa shape index (κ1) is 13.3. The summed E-state index contributed by atoms with van der Waals surface area (Å²) in [5, 5.41) is 12.8. The zero-order valence-electron chi connectivity index (χ0n) is 9.51. The van der Waals surface area contributed by atoms with E-state index in [4.69, 9.17) is 0 Å². The highest BCUT2D eigenvalue weighted by Crippen LogP contribution is 2.19. The van der Waals surface area contributed by atoms with Gasteiger partial charge >= 0.3 is 0 Å². The Bertz CT molecular complexity index is 147. The Kier molecular flexibility index (Phi) is 5.95. The first-order chi connectivity index (χ1) is 6.88. The summed E-state index contributed by atoms with van der Waals surface area (Å²) in [7, 11) is 0. The van der Waals surface area contributed by atoms with Crippen molar-refractivity contribution in [3.05, 3.63) is 5.21 Å². The SMILES string of the molecule is [Cl-].[O-][NH+](C1CCCCC1)C1CCCCC1. The molecule has 90 valence electrons. The van der Waals surface area contributed by atoms with E-state index in [1.165, 1.54) is 64.2 Å². The molecule has 2 saturated carbocycles. The van der Waals surface area contributed by atoms with Gasteiger partial charge in [-0.1, -0.05) is 12.8 Å². The number of nitrogens with one attached hydrogen (secondary N) is 1. The molecule has 2 nitrogen and oxygen atoms in total. The van der Waals surface area contributed by atoms with Crippen molar-refractivity contribution in [1.82, 2.24) is 0 Å². The summed E-state index contributed by atoms with van der Waals surface area (Å²) < 4.78 is 0. The zero-order chi connectivity index (χ0) is 9.80. The number of halogens is 1. The van der Waals surface area contributed by atoms with Crippen LogP contribution in [0.25, 0.3) is 0 Å². The Hall–Kier alpha value is 0.210. The molecule has 0 amide bonds. The molecule has 0 heterocycles. The van der Waals surface area contributed by atoms with E-state index >= 15 is 0 Å². The fraction of sp³-hybridized carbons (Fsp3) is 1.00. The van der Waals surface area contributed by atoms with Gasteiger partial charge in [0.05, 0.1) is 12.1 Å². The van der Waals surface area contributed by atoms with Crippen molar-refractivity contribution in [1.29, 1.82) is 0 Å². The largest absolute Gasteiger partial charge is 1.00 e. The third kappa shape index (κ3) is 3.61. The van der Waals surface area contributed by atoms with Crippen LogP contribution in [0.1, 0.15) is 64.2 Å². The lowest BCUT2D eigenvalue weighted by Crippen LogP contribution is -3.15. The Morgan fingerprint density at radius 1 is 0.667 bits per heavy atom. The van der Waals surface area contributed by atoms with Crippen LogP contribution in [0.2, 0.25) is 0 Å². The molecule has 2 aliphatic carbocycles. The Labute approximate surface area is 99.4 Å². The molecule has 0 spiro atoms. The molecule has 0 aromatic heterocycles. The number of hydrogen-bond acceptors (Lipinski definition) is 1. The number of rotatable bonds is 2. The second kappa shape index (κ2) is 6.72. The van der Waals surface area contributed by atoms with Gasteiger partial charge in [0.25, 0.3) is 0 Å². The van der Waals surface area contributed by atoms with Crippen molar-refractivity contribution in [2.45, 2.75) is 76.3 Å². The summed E-state index contributed by atoms with van der Waals surface area (Å²) in [6.45, 7) is 0. The highest BCUT2D eigenvalue weighted by molar-refractivity contribution is 4.69. The first-order valence-electron chi connectivity index (χ1n) is 6.41. The molecule has 15 heavy (non-hydrogen) atoms. The Morgan fingerprint density at radius 2 is 1.00 bits per heavy atom. The van der Waals surface area contributed by atoms with Crippen LogP contribution in [0.3, 0.4) is 0 Å². The van der Waals surface area contributed by atoms with E-state index in [1.54, 1.807) is 0 Å². The second-order valence-electron chi connectivity index (χ2n) is 5.07. The van der Waals surface area contributed by atoms with E-state index in [0.717, 1.165) is 0 Å². The van der Waals surface area contributed by atoms with Gasteiger partial charge in [0.1, 0.15) is 0 Å². The highest BCUT2D eigenvalue weighted by atomic mass is 35.5. The maximum Gasteiger partial charge on any atom is 0.0873 e. The zero-order valence-corrected chi connectivity index (χ0v) is 10.3. The lowest BCUT2D eigenvalue weighted by molar-refractivity contribution is -0.904. The van der Waals surface area contributed by atoms with Crippen LogP contribution >= 0.6 is 0 Å². The molecule has 2 fully saturated rings. The second-order valence-corrected chi connectivity index (χ2v) is 5.07. The third-order valence-electron chi connectivity index (χ3n) is 4.02. The molecule has 1 N–H and O–H groups in total. The monoisotopic (exact) mass is 232 g/mol. The number of quaternary nitrogens is 1. The lowest BCUT2D eigenvalue weighted by atomic mass is 9.90. The Morgan fingerprint density at radius 3 is 1.33 bits per heavy atom. The smallest absolute Gasteiger partial charge is 0.0873 e. The minimum absolute atomic E-state index is 0. The molecule has 0 radical (unpaired) electrons. The van der Waals surface area contributed by atoms with Gasteiger partial charge in [-0.3, -0.25) is 0 Å². The van der Waals surface area contributed by atoms with Crippen LogP contribution in [0.5, 0.6) is 0 Å². The molecular weight excluding hydrogens is 210 g/mol. The molecular formula is C12H23ClNO-. The Balaban J connectivity index is 0.00000112. The van der Waals surface area contributed by atoms with E-state index in [-0.39, 0.29) is 12.4 Å². The van der Waals surface area contributed by atoms with Gasteiger partial charge in [0, 0.05) is 0 Å². The molecule has 0 aliphatic heterocycles. The highest BCUT2D eigenvalue weighted by Gasteiger charge is 2.26. The molecule has 0 aromatic carbocycles. The van der Waals surface area contributed by atoms with Gasteiger partial charge in [-0.2, -0.15) is 0 Å². The fourth-order valence-electron chi connectivity index (χ4n) is 3.11. The summed E-state index contributed by atoms with van der Waals surface area (Å²) >= 11 is 0. The number of hydroxylamine groups is 2. The van der Waals surface area contributed by atoms with E-state index in [1.807, 2.05) is 0 Å². The summed E-state index contributed by atoms with van der Waals surface area (Å²) in [4.78, 5) is 0. The average molecular weight is 233 g/mol. The van der Waals surface area contributed by atoms with E-state index < -0.39 is 0 Å². The van der Waals surface area contributed by atoms with Crippen LogP contribution < -0.4 is 17.5 Å². The van der Waals surface area contributed by atoms with Crippen molar-refractivity contribution in [3.8, 4) is 0 Å². The van der Waals surface area contributed by atoms with E-state index in [0.29, 0.717) is 17.1 Å². The molecule has 0 saturated heterocycles. The predicted molar refractivity (Wildman–Crippen MR) is 58.1 cm³/mol. The van der Waals surface area contributed by atoms with Crippen molar-refractivity contribution < 1.29 is 17.5 Å². The van der Waals surface area contributed by atoms with E-state index in [2.05, 4.69) is 0 Å². The first-order valence-corrected chi connectivity index (χ1v) is 6.41. The van der Waals surface area contributed by atoms with Gasteiger partial charge in [0.15, 0.2) is 0 Å².